The molecule has 0 spiro atoms. The summed E-state index contributed by atoms with van der Waals surface area (Å²) >= 11 is 0. The third kappa shape index (κ3) is 2.42. The molecule has 1 N–H and O–H groups in total. The van der Waals surface area contributed by atoms with Crippen molar-refractivity contribution in [2.45, 2.75) is 0 Å². The van der Waals surface area contributed by atoms with Crippen LogP contribution in [-0.2, 0) is 0 Å². The fraction of sp³-hybridized carbons (Fsp3) is 0.357. The maximum Gasteiger partial charge on any atom is 0.221 e. The van der Waals surface area contributed by atoms with Crippen LogP contribution in [0.25, 0.3) is 10.8 Å². The van der Waals surface area contributed by atoms with E-state index in [4.69, 9.17) is 14.2 Å². The minimum absolute atomic E-state index is 0.578. The first-order valence-electron chi connectivity index (χ1n) is 6.34. The number of aromatic nitrogens is 1. The number of hydrogen-bond acceptors (Lipinski definition) is 5. The van der Waals surface area contributed by atoms with Crippen molar-refractivity contribution in [2.75, 3.05) is 33.4 Å². The van der Waals surface area contributed by atoms with Crippen LogP contribution in [0.2, 0.25) is 0 Å². The van der Waals surface area contributed by atoms with E-state index in [0.717, 1.165) is 28.8 Å². The minimum atomic E-state index is 0.578. The average molecular weight is 260 g/mol. The highest BCUT2D eigenvalue weighted by Crippen LogP contribution is 2.37. The molecule has 1 aliphatic rings. The van der Waals surface area contributed by atoms with Crippen LogP contribution in [-0.4, -0.2) is 38.4 Å². The molecule has 1 aromatic heterocycles. The van der Waals surface area contributed by atoms with Gasteiger partial charge in [-0.1, -0.05) is 0 Å². The molecule has 0 atom stereocenters. The molecule has 2 heterocycles. The van der Waals surface area contributed by atoms with Crippen molar-refractivity contribution in [1.82, 2.24) is 10.3 Å². The van der Waals surface area contributed by atoms with Crippen molar-refractivity contribution in [3.8, 4) is 17.4 Å². The van der Waals surface area contributed by atoms with Gasteiger partial charge in [0.05, 0.1) is 0 Å². The number of rotatable bonds is 4. The second-order valence-electron chi connectivity index (χ2n) is 4.29. The molecule has 1 aliphatic heterocycles. The van der Waals surface area contributed by atoms with Gasteiger partial charge in [0, 0.05) is 18.1 Å². The van der Waals surface area contributed by atoms with Crippen molar-refractivity contribution < 1.29 is 14.2 Å². The molecule has 100 valence electrons. The van der Waals surface area contributed by atoms with Crippen molar-refractivity contribution in [3.63, 3.8) is 0 Å². The van der Waals surface area contributed by atoms with Gasteiger partial charge in [-0.3, -0.25) is 0 Å². The molecule has 5 nitrogen and oxygen atoms in total. The zero-order valence-corrected chi connectivity index (χ0v) is 10.8. The summed E-state index contributed by atoms with van der Waals surface area (Å²) in [5.41, 5.74) is 0. The predicted molar refractivity (Wildman–Crippen MR) is 72.2 cm³/mol. The smallest absolute Gasteiger partial charge is 0.221 e. The van der Waals surface area contributed by atoms with E-state index in [0.29, 0.717) is 25.7 Å². The van der Waals surface area contributed by atoms with E-state index in [1.54, 1.807) is 6.20 Å². The first-order chi connectivity index (χ1) is 9.38. The standard InChI is InChI=1S/C14H16N2O3/c1-15-4-5-19-14-11-9-13-12(17-6-7-18-13)8-10(11)2-3-16-14/h2-3,8-9,15H,4-7H2,1H3. The Labute approximate surface area is 111 Å². The number of pyridine rings is 1. The van der Waals surface area contributed by atoms with Gasteiger partial charge in [0.2, 0.25) is 5.88 Å². The second kappa shape index (κ2) is 5.32. The summed E-state index contributed by atoms with van der Waals surface area (Å²) < 4.78 is 16.8. The number of hydrogen-bond donors (Lipinski definition) is 1. The van der Waals surface area contributed by atoms with E-state index >= 15 is 0 Å². The Morgan fingerprint density at radius 3 is 2.84 bits per heavy atom. The molecule has 0 saturated heterocycles. The molecule has 0 amide bonds. The number of nitrogens with zero attached hydrogens (tertiary/aromatic N) is 1. The summed E-state index contributed by atoms with van der Waals surface area (Å²) in [6.07, 6.45) is 1.74. The first kappa shape index (κ1) is 12.0. The lowest BCUT2D eigenvalue weighted by molar-refractivity contribution is 0.172. The van der Waals surface area contributed by atoms with Gasteiger partial charge in [0.25, 0.3) is 0 Å². The summed E-state index contributed by atoms with van der Waals surface area (Å²) in [6, 6.07) is 5.85. The Balaban J connectivity index is 1.98. The van der Waals surface area contributed by atoms with E-state index in [1.165, 1.54) is 0 Å². The quantitative estimate of drug-likeness (QED) is 0.846. The fourth-order valence-electron chi connectivity index (χ4n) is 2.05. The van der Waals surface area contributed by atoms with Crippen LogP contribution in [0.15, 0.2) is 24.4 Å². The lowest BCUT2D eigenvalue weighted by Gasteiger charge is -2.19. The highest BCUT2D eigenvalue weighted by molar-refractivity contribution is 5.89. The zero-order chi connectivity index (χ0) is 13.1. The van der Waals surface area contributed by atoms with Crippen LogP contribution in [0.4, 0.5) is 0 Å². The molecular weight excluding hydrogens is 244 g/mol. The minimum Gasteiger partial charge on any atom is -0.486 e. The van der Waals surface area contributed by atoms with Crippen LogP contribution >= 0.6 is 0 Å². The summed E-state index contributed by atoms with van der Waals surface area (Å²) in [5, 5.41) is 5.03. The largest absolute Gasteiger partial charge is 0.486 e. The van der Waals surface area contributed by atoms with E-state index in [9.17, 15) is 0 Å². The topological polar surface area (TPSA) is 52.6 Å². The number of ether oxygens (including phenoxy) is 3. The molecule has 3 rings (SSSR count). The van der Waals surface area contributed by atoms with E-state index in [1.807, 2.05) is 25.2 Å². The van der Waals surface area contributed by atoms with Crippen LogP contribution in [0, 0.1) is 0 Å². The molecular formula is C14H16N2O3. The van der Waals surface area contributed by atoms with Gasteiger partial charge in [0.15, 0.2) is 11.5 Å². The van der Waals surface area contributed by atoms with Gasteiger partial charge in [-0.05, 0) is 30.6 Å². The van der Waals surface area contributed by atoms with Gasteiger partial charge in [-0.2, -0.15) is 0 Å². The normalized spacial score (nSPS) is 13.5. The SMILES string of the molecule is CNCCOc1nccc2cc3c(cc12)OCCO3. The molecule has 0 radical (unpaired) electrons. The highest BCUT2D eigenvalue weighted by atomic mass is 16.6. The molecule has 0 bridgehead atoms. The number of nitrogens with one attached hydrogen (secondary N) is 1. The summed E-state index contributed by atoms with van der Waals surface area (Å²) in [6.45, 7) is 2.53. The summed E-state index contributed by atoms with van der Waals surface area (Å²) in [4.78, 5) is 4.28. The molecule has 2 aromatic rings. The van der Waals surface area contributed by atoms with Crippen LogP contribution < -0.4 is 19.5 Å². The van der Waals surface area contributed by atoms with Crippen LogP contribution in [0.5, 0.6) is 17.4 Å². The van der Waals surface area contributed by atoms with Crippen molar-refractivity contribution in [1.29, 1.82) is 0 Å². The lowest BCUT2D eigenvalue weighted by Crippen LogP contribution is -2.17. The van der Waals surface area contributed by atoms with Crippen molar-refractivity contribution in [3.05, 3.63) is 24.4 Å². The number of fused-ring (bicyclic) bond motifs is 2. The second-order valence-corrected chi connectivity index (χ2v) is 4.29. The van der Waals surface area contributed by atoms with Crippen molar-refractivity contribution >= 4 is 10.8 Å². The van der Waals surface area contributed by atoms with E-state index < -0.39 is 0 Å². The number of likely N-dealkylation sites (N-methyl/N-ethyl adjacent to an activating group) is 1. The maximum absolute atomic E-state index is 5.68. The van der Waals surface area contributed by atoms with E-state index in [2.05, 4.69) is 10.3 Å². The molecule has 1 aromatic carbocycles. The van der Waals surface area contributed by atoms with Gasteiger partial charge in [0.1, 0.15) is 19.8 Å². The number of benzene rings is 1. The molecule has 19 heavy (non-hydrogen) atoms. The molecule has 5 heteroatoms. The monoisotopic (exact) mass is 260 g/mol. The lowest BCUT2D eigenvalue weighted by atomic mass is 10.1. The summed E-state index contributed by atoms with van der Waals surface area (Å²) in [7, 11) is 1.89. The Morgan fingerprint density at radius 2 is 2.05 bits per heavy atom. The third-order valence-electron chi connectivity index (χ3n) is 2.98. The fourth-order valence-corrected chi connectivity index (χ4v) is 2.05. The van der Waals surface area contributed by atoms with Crippen molar-refractivity contribution in [2.24, 2.45) is 0 Å². The Hall–Kier alpha value is -2.01. The summed E-state index contributed by atoms with van der Waals surface area (Å²) in [5.74, 6) is 2.17. The van der Waals surface area contributed by atoms with Crippen LogP contribution in [0.3, 0.4) is 0 Å². The molecule has 0 fully saturated rings. The molecule has 0 saturated carbocycles. The Morgan fingerprint density at radius 1 is 1.26 bits per heavy atom. The Bertz CT molecular complexity index is 586. The zero-order valence-electron chi connectivity index (χ0n) is 10.8. The van der Waals surface area contributed by atoms with Gasteiger partial charge < -0.3 is 19.5 Å². The average Bonchev–Trinajstić information content (AvgIpc) is 2.46. The van der Waals surface area contributed by atoms with Gasteiger partial charge in [-0.15, -0.1) is 0 Å². The van der Waals surface area contributed by atoms with E-state index in [-0.39, 0.29) is 0 Å². The first-order valence-corrected chi connectivity index (χ1v) is 6.34. The van der Waals surface area contributed by atoms with Crippen LogP contribution in [0.1, 0.15) is 0 Å². The molecule has 0 aliphatic carbocycles. The van der Waals surface area contributed by atoms with Gasteiger partial charge in [-0.25, -0.2) is 4.98 Å². The predicted octanol–water partition coefficient (Wildman–Crippen LogP) is 1.60. The Kier molecular flexibility index (Phi) is 3.37. The maximum atomic E-state index is 5.68. The highest BCUT2D eigenvalue weighted by Gasteiger charge is 2.14. The third-order valence-corrected chi connectivity index (χ3v) is 2.98. The molecule has 0 unspecified atom stereocenters. The van der Waals surface area contributed by atoms with Gasteiger partial charge >= 0.3 is 0 Å².